The number of carbonyl (C=O) groups excluding carboxylic acids is 1. The third-order valence-corrected chi connectivity index (χ3v) is 5.15. The van der Waals surface area contributed by atoms with Gasteiger partial charge in [0, 0.05) is 17.5 Å². The summed E-state index contributed by atoms with van der Waals surface area (Å²) in [6, 6.07) is 10.2. The topological polar surface area (TPSA) is 98.7 Å². The zero-order valence-corrected chi connectivity index (χ0v) is 16.1. The molecule has 8 nitrogen and oxygen atoms in total. The van der Waals surface area contributed by atoms with Gasteiger partial charge in [-0.2, -0.15) is 4.80 Å². The van der Waals surface area contributed by atoms with Crippen LogP contribution in [0, 0.1) is 0 Å². The third kappa shape index (κ3) is 3.81. The minimum atomic E-state index is -0.161. The number of benzene rings is 1. The second kappa shape index (κ2) is 7.92. The van der Waals surface area contributed by atoms with Gasteiger partial charge in [-0.05, 0) is 30.9 Å². The molecule has 28 heavy (non-hydrogen) atoms. The number of nitrogens with zero attached hydrogens (tertiary/aromatic N) is 5. The molecule has 1 amide bonds. The Balaban J connectivity index is 1.34. The van der Waals surface area contributed by atoms with Crippen molar-refractivity contribution in [2.75, 3.05) is 0 Å². The molecule has 1 saturated carbocycles. The summed E-state index contributed by atoms with van der Waals surface area (Å²) in [6.45, 7) is 3.97. The Morgan fingerprint density at radius 1 is 1.18 bits per heavy atom. The molecule has 0 radical (unpaired) electrons. The molecular formula is C20H24N6O2. The largest absolute Gasteiger partial charge is 0.447 e. The molecule has 1 aromatic carbocycles. The molecule has 0 atom stereocenters. The first-order valence-corrected chi connectivity index (χ1v) is 9.71. The van der Waals surface area contributed by atoms with Crippen LogP contribution in [0.2, 0.25) is 0 Å². The molecule has 146 valence electrons. The Bertz CT molecular complexity index is 925. The number of rotatable bonds is 5. The van der Waals surface area contributed by atoms with Gasteiger partial charge in [-0.1, -0.05) is 44.2 Å². The number of hydrogen-bond acceptors (Lipinski definition) is 6. The van der Waals surface area contributed by atoms with E-state index in [0.29, 0.717) is 17.3 Å². The van der Waals surface area contributed by atoms with Gasteiger partial charge >= 0.3 is 0 Å². The van der Waals surface area contributed by atoms with Crippen LogP contribution in [0.3, 0.4) is 0 Å². The fourth-order valence-corrected chi connectivity index (χ4v) is 3.62. The van der Waals surface area contributed by atoms with E-state index in [0.717, 1.165) is 31.2 Å². The van der Waals surface area contributed by atoms with E-state index < -0.39 is 0 Å². The molecule has 1 fully saturated rings. The van der Waals surface area contributed by atoms with Gasteiger partial charge in [-0.3, -0.25) is 4.79 Å². The predicted molar refractivity (Wildman–Crippen MR) is 103 cm³/mol. The van der Waals surface area contributed by atoms with Crippen molar-refractivity contribution >= 4 is 5.91 Å². The fourth-order valence-electron chi connectivity index (χ4n) is 3.62. The van der Waals surface area contributed by atoms with Crippen molar-refractivity contribution in [2.45, 2.75) is 57.5 Å². The Hall–Kier alpha value is -3.03. The first kappa shape index (κ1) is 18.3. The summed E-state index contributed by atoms with van der Waals surface area (Å²) in [7, 11) is 0. The van der Waals surface area contributed by atoms with Crippen molar-refractivity contribution < 1.29 is 9.21 Å². The van der Waals surface area contributed by atoms with E-state index in [9.17, 15) is 4.79 Å². The molecule has 4 rings (SSSR count). The Morgan fingerprint density at radius 3 is 2.64 bits per heavy atom. The number of aromatic nitrogens is 5. The van der Waals surface area contributed by atoms with E-state index in [4.69, 9.17) is 4.42 Å². The molecular weight excluding hydrogens is 356 g/mol. The minimum absolute atomic E-state index is 0.121. The van der Waals surface area contributed by atoms with Crippen LogP contribution in [0.5, 0.6) is 0 Å². The molecule has 1 aliphatic rings. The monoisotopic (exact) mass is 380 g/mol. The molecule has 8 heteroatoms. The van der Waals surface area contributed by atoms with Crippen LogP contribution < -0.4 is 5.32 Å². The second-order valence-corrected chi connectivity index (χ2v) is 7.50. The Morgan fingerprint density at radius 2 is 1.93 bits per heavy atom. The lowest BCUT2D eigenvalue weighted by atomic mass is 9.91. The summed E-state index contributed by atoms with van der Waals surface area (Å²) in [4.78, 5) is 18.3. The third-order valence-electron chi connectivity index (χ3n) is 5.15. The van der Waals surface area contributed by atoms with E-state index in [1.165, 1.54) is 6.39 Å². The summed E-state index contributed by atoms with van der Waals surface area (Å²) in [5.41, 5.74) is 1.35. The highest BCUT2D eigenvalue weighted by molar-refractivity contribution is 5.93. The SMILES string of the molecule is CC(C)c1ocnc1C(=O)NC1CCC(n2nnc(-c3ccccc3)n2)CC1. The standard InChI is InChI=1S/C20H24N6O2/c1-13(2)18-17(21-12-28-18)20(27)22-15-8-10-16(11-9-15)26-24-19(23-25-26)14-6-4-3-5-7-14/h3-7,12-13,15-16H,8-11H2,1-2H3,(H,22,27). The van der Waals surface area contributed by atoms with E-state index >= 15 is 0 Å². The number of oxazole rings is 1. The van der Waals surface area contributed by atoms with Crippen molar-refractivity contribution in [1.82, 2.24) is 30.5 Å². The lowest BCUT2D eigenvalue weighted by molar-refractivity contribution is 0.0913. The van der Waals surface area contributed by atoms with E-state index in [1.807, 2.05) is 44.2 Å². The van der Waals surface area contributed by atoms with Crippen LogP contribution >= 0.6 is 0 Å². The fraction of sp³-hybridized carbons (Fsp3) is 0.450. The average Bonchev–Trinajstić information content (AvgIpc) is 3.39. The van der Waals surface area contributed by atoms with Crippen LogP contribution in [0.15, 0.2) is 41.1 Å². The van der Waals surface area contributed by atoms with Crippen molar-refractivity contribution in [2.24, 2.45) is 0 Å². The maximum absolute atomic E-state index is 12.5. The van der Waals surface area contributed by atoms with Crippen LogP contribution in [0.25, 0.3) is 11.4 Å². The molecule has 2 aromatic heterocycles. The molecule has 0 unspecified atom stereocenters. The maximum Gasteiger partial charge on any atom is 0.273 e. The normalized spacial score (nSPS) is 19.7. The summed E-state index contributed by atoms with van der Waals surface area (Å²) in [6.07, 6.45) is 4.86. The predicted octanol–water partition coefficient (Wildman–Crippen LogP) is 3.37. The van der Waals surface area contributed by atoms with Gasteiger partial charge in [0.05, 0.1) is 6.04 Å². The maximum atomic E-state index is 12.5. The van der Waals surface area contributed by atoms with Gasteiger partial charge in [0.15, 0.2) is 12.1 Å². The zero-order valence-electron chi connectivity index (χ0n) is 16.1. The minimum Gasteiger partial charge on any atom is -0.447 e. The molecule has 2 heterocycles. The second-order valence-electron chi connectivity index (χ2n) is 7.50. The summed E-state index contributed by atoms with van der Waals surface area (Å²) >= 11 is 0. The van der Waals surface area contributed by atoms with Crippen LogP contribution in [-0.4, -0.2) is 37.1 Å². The lowest BCUT2D eigenvalue weighted by Crippen LogP contribution is -2.38. The van der Waals surface area contributed by atoms with Gasteiger partial charge in [0.25, 0.3) is 5.91 Å². The van der Waals surface area contributed by atoms with E-state index in [2.05, 4.69) is 25.7 Å². The molecule has 0 bridgehead atoms. The molecule has 1 N–H and O–H groups in total. The smallest absolute Gasteiger partial charge is 0.273 e. The van der Waals surface area contributed by atoms with Gasteiger partial charge < -0.3 is 9.73 Å². The number of tetrazole rings is 1. The highest BCUT2D eigenvalue weighted by atomic mass is 16.3. The first-order valence-electron chi connectivity index (χ1n) is 9.71. The van der Waals surface area contributed by atoms with Crippen molar-refractivity contribution in [1.29, 1.82) is 0 Å². The molecule has 0 saturated heterocycles. The number of nitrogens with one attached hydrogen (secondary N) is 1. The van der Waals surface area contributed by atoms with Gasteiger partial charge in [0.1, 0.15) is 5.76 Å². The summed E-state index contributed by atoms with van der Waals surface area (Å²) in [5.74, 6) is 1.23. The van der Waals surface area contributed by atoms with Crippen molar-refractivity contribution in [3.63, 3.8) is 0 Å². The highest BCUT2D eigenvalue weighted by Gasteiger charge is 2.27. The van der Waals surface area contributed by atoms with Crippen LogP contribution in [0.1, 0.15) is 67.7 Å². The number of carbonyl (C=O) groups is 1. The van der Waals surface area contributed by atoms with Gasteiger partial charge in [-0.15, -0.1) is 10.2 Å². The highest BCUT2D eigenvalue weighted by Crippen LogP contribution is 2.28. The van der Waals surface area contributed by atoms with E-state index in [-0.39, 0.29) is 23.9 Å². The Labute approximate surface area is 163 Å². The van der Waals surface area contributed by atoms with Crippen LogP contribution in [0.4, 0.5) is 0 Å². The van der Waals surface area contributed by atoms with Crippen molar-refractivity contribution in [3.8, 4) is 11.4 Å². The molecule has 1 aliphatic carbocycles. The van der Waals surface area contributed by atoms with Crippen LogP contribution in [-0.2, 0) is 0 Å². The lowest BCUT2D eigenvalue weighted by Gasteiger charge is -2.28. The average molecular weight is 380 g/mol. The molecule has 3 aromatic rings. The number of hydrogen-bond donors (Lipinski definition) is 1. The zero-order chi connectivity index (χ0) is 19.5. The summed E-state index contributed by atoms with van der Waals surface area (Å²) in [5, 5.41) is 16.1. The van der Waals surface area contributed by atoms with Crippen molar-refractivity contribution in [3.05, 3.63) is 48.2 Å². The molecule has 0 aliphatic heterocycles. The first-order chi connectivity index (χ1) is 13.6. The van der Waals surface area contributed by atoms with E-state index in [1.54, 1.807) is 4.80 Å². The number of amides is 1. The quantitative estimate of drug-likeness (QED) is 0.729. The molecule has 0 spiro atoms. The summed E-state index contributed by atoms with van der Waals surface area (Å²) < 4.78 is 5.35. The van der Waals surface area contributed by atoms with Gasteiger partial charge in [0.2, 0.25) is 5.82 Å². The van der Waals surface area contributed by atoms with Gasteiger partial charge in [-0.25, -0.2) is 4.98 Å². The Kier molecular flexibility index (Phi) is 5.18.